The molecular weight excluding hydrogens is 309 g/mol. The van der Waals surface area contributed by atoms with Gasteiger partial charge in [0.15, 0.2) is 0 Å². The third-order valence-corrected chi connectivity index (χ3v) is 4.27. The fraction of sp³-hybridized carbons (Fsp3) is 0.562. The van der Waals surface area contributed by atoms with Crippen LogP contribution in [0.2, 0.25) is 10.0 Å². The van der Waals surface area contributed by atoms with Gasteiger partial charge in [0.25, 0.3) is 0 Å². The SMILES string of the molecule is CCC(CCCc1cc(Cl)cc(Cl)c1)CC(CN)C(=O)O. The Balaban J connectivity index is 2.46. The van der Waals surface area contributed by atoms with E-state index in [1.165, 1.54) is 0 Å². The molecule has 0 aliphatic heterocycles. The fourth-order valence-corrected chi connectivity index (χ4v) is 3.11. The highest BCUT2D eigenvalue weighted by molar-refractivity contribution is 6.34. The summed E-state index contributed by atoms with van der Waals surface area (Å²) in [5, 5.41) is 10.4. The summed E-state index contributed by atoms with van der Waals surface area (Å²) in [5.74, 6) is -0.836. The standard InChI is InChI=1S/C16H23Cl2NO2/c1-2-11(6-13(10-19)16(20)21)4-3-5-12-7-14(17)9-15(18)8-12/h7-9,11,13H,2-6,10,19H2,1H3,(H,20,21). The zero-order valence-corrected chi connectivity index (χ0v) is 13.8. The quantitative estimate of drug-likeness (QED) is 0.705. The Labute approximate surface area is 136 Å². The first-order chi connectivity index (χ1) is 9.96. The van der Waals surface area contributed by atoms with Gasteiger partial charge in [-0.25, -0.2) is 0 Å². The van der Waals surface area contributed by atoms with Gasteiger partial charge in [0.05, 0.1) is 5.92 Å². The molecule has 118 valence electrons. The Morgan fingerprint density at radius 2 is 1.90 bits per heavy atom. The Bertz CT molecular complexity index is 445. The highest BCUT2D eigenvalue weighted by Gasteiger charge is 2.20. The van der Waals surface area contributed by atoms with Crippen molar-refractivity contribution in [3.05, 3.63) is 33.8 Å². The van der Waals surface area contributed by atoms with Crippen LogP contribution in [0.1, 0.15) is 38.2 Å². The molecule has 2 atom stereocenters. The summed E-state index contributed by atoms with van der Waals surface area (Å²) >= 11 is 12.0. The summed E-state index contributed by atoms with van der Waals surface area (Å²) in [4.78, 5) is 11.0. The number of hydrogen-bond acceptors (Lipinski definition) is 2. The number of rotatable bonds is 9. The molecule has 1 rings (SSSR count). The van der Waals surface area contributed by atoms with E-state index in [4.69, 9.17) is 34.0 Å². The number of carboxylic acids is 1. The predicted molar refractivity (Wildman–Crippen MR) is 88.0 cm³/mol. The molecule has 5 heteroatoms. The van der Waals surface area contributed by atoms with E-state index in [0.29, 0.717) is 22.4 Å². The third-order valence-electron chi connectivity index (χ3n) is 3.83. The Hall–Kier alpha value is -0.770. The van der Waals surface area contributed by atoms with Crippen molar-refractivity contribution in [2.75, 3.05) is 6.54 Å². The largest absolute Gasteiger partial charge is 0.481 e. The van der Waals surface area contributed by atoms with Crippen molar-refractivity contribution < 1.29 is 9.90 Å². The van der Waals surface area contributed by atoms with Crippen molar-refractivity contribution in [2.24, 2.45) is 17.6 Å². The number of nitrogens with two attached hydrogens (primary N) is 1. The number of halogens is 2. The first-order valence-corrected chi connectivity index (χ1v) is 8.09. The molecule has 1 aromatic carbocycles. The zero-order valence-electron chi connectivity index (χ0n) is 12.3. The van der Waals surface area contributed by atoms with Crippen LogP contribution in [-0.2, 0) is 11.2 Å². The lowest BCUT2D eigenvalue weighted by Crippen LogP contribution is -2.25. The Kier molecular flexibility index (Phi) is 8.09. The van der Waals surface area contributed by atoms with Crippen LogP contribution in [0.4, 0.5) is 0 Å². The number of aliphatic carboxylic acids is 1. The molecule has 3 N–H and O–H groups in total. The molecule has 0 aliphatic rings. The monoisotopic (exact) mass is 331 g/mol. The van der Waals surface area contributed by atoms with Gasteiger partial charge < -0.3 is 10.8 Å². The van der Waals surface area contributed by atoms with Gasteiger partial charge in [-0.1, -0.05) is 43.0 Å². The number of hydrogen-bond donors (Lipinski definition) is 2. The van der Waals surface area contributed by atoms with Gasteiger partial charge in [-0.3, -0.25) is 4.79 Å². The van der Waals surface area contributed by atoms with Gasteiger partial charge in [0.1, 0.15) is 0 Å². The molecule has 0 heterocycles. The first-order valence-electron chi connectivity index (χ1n) is 7.34. The number of carbonyl (C=O) groups is 1. The topological polar surface area (TPSA) is 63.3 Å². The number of aryl methyl sites for hydroxylation is 1. The molecule has 0 saturated carbocycles. The fourth-order valence-electron chi connectivity index (χ4n) is 2.54. The van der Waals surface area contributed by atoms with Crippen molar-refractivity contribution in [1.82, 2.24) is 0 Å². The normalized spacial score (nSPS) is 13.9. The van der Waals surface area contributed by atoms with E-state index >= 15 is 0 Å². The molecule has 0 bridgehead atoms. The molecule has 0 radical (unpaired) electrons. The van der Waals surface area contributed by atoms with E-state index in [1.807, 2.05) is 12.1 Å². The van der Waals surface area contributed by atoms with Crippen LogP contribution in [0.15, 0.2) is 18.2 Å². The second kappa shape index (κ2) is 9.29. The van der Waals surface area contributed by atoms with Crippen molar-refractivity contribution >= 4 is 29.2 Å². The molecule has 0 spiro atoms. The molecule has 3 nitrogen and oxygen atoms in total. The summed E-state index contributed by atoms with van der Waals surface area (Å²) in [6.45, 7) is 2.30. The summed E-state index contributed by atoms with van der Waals surface area (Å²) in [5.41, 5.74) is 6.64. The summed E-state index contributed by atoms with van der Waals surface area (Å²) in [7, 11) is 0. The van der Waals surface area contributed by atoms with E-state index in [2.05, 4.69) is 6.92 Å². The third kappa shape index (κ3) is 6.68. The van der Waals surface area contributed by atoms with Crippen LogP contribution in [0.3, 0.4) is 0 Å². The van der Waals surface area contributed by atoms with Gasteiger partial charge in [-0.05, 0) is 48.9 Å². The highest BCUT2D eigenvalue weighted by Crippen LogP contribution is 2.24. The minimum absolute atomic E-state index is 0.204. The highest BCUT2D eigenvalue weighted by atomic mass is 35.5. The molecule has 2 unspecified atom stereocenters. The van der Waals surface area contributed by atoms with Crippen LogP contribution in [0.25, 0.3) is 0 Å². The van der Waals surface area contributed by atoms with Gasteiger partial charge in [-0.2, -0.15) is 0 Å². The summed E-state index contributed by atoms with van der Waals surface area (Å²) in [6.07, 6.45) is 4.51. The Morgan fingerprint density at radius 3 is 2.38 bits per heavy atom. The smallest absolute Gasteiger partial charge is 0.307 e. The van der Waals surface area contributed by atoms with E-state index in [1.54, 1.807) is 6.07 Å². The molecule has 0 aliphatic carbocycles. The molecule has 0 saturated heterocycles. The maximum absolute atomic E-state index is 11.0. The minimum Gasteiger partial charge on any atom is -0.481 e. The van der Waals surface area contributed by atoms with E-state index < -0.39 is 11.9 Å². The van der Waals surface area contributed by atoms with Crippen LogP contribution in [-0.4, -0.2) is 17.6 Å². The maximum atomic E-state index is 11.0. The lowest BCUT2D eigenvalue weighted by atomic mass is 9.88. The van der Waals surface area contributed by atoms with Crippen molar-refractivity contribution in [3.8, 4) is 0 Å². The average Bonchev–Trinajstić information content (AvgIpc) is 2.41. The van der Waals surface area contributed by atoms with E-state index in [9.17, 15) is 4.79 Å². The first kappa shape index (κ1) is 18.3. The van der Waals surface area contributed by atoms with E-state index in [-0.39, 0.29) is 6.54 Å². The van der Waals surface area contributed by atoms with Crippen molar-refractivity contribution in [1.29, 1.82) is 0 Å². The summed E-state index contributed by atoms with van der Waals surface area (Å²) in [6, 6.07) is 5.57. The van der Waals surface area contributed by atoms with Crippen LogP contribution >= 0.6 is 23.2 Å². The van der Waals surface area contributed by atoms with Crippen molar-refractivity contribution in [2.45, 2.75) is 39.0 Å². The second-order valence-corrected chi connectivity index (χ2v) is 6.32. The van der Waals surface area contributed by atoms with E-state index in [0.717, 1.165) is 31.2 Å². The lowest BCUT2D eigenvalue weighted by Gasteiger charge is -2.18. The zero-order chi connectivity index (χ0) is 15.8. The number of carboxylic acid groups (broad SMARTS) is 1. The van der Waals surface area contributed by atoms with Crippen molar-refractivity contribution in [3.63, 3.8) is 0 Å². The molecule has 0 amide bonds. The molecule has 21 heavy (non-hydrogen) atoms. The Morgan fingerprint density at radius 1 is 1.29 bits per heavy atom. The average molecular weight is 332 g/mol. The van der Waals surface area contributed by atoms with Gasteiger partial charge in [0, 0.05) is 16.6 Å². The van der Waals surface area contributed by atoms with Gasteiger partial charge >= 0.3 is 5.97 Å². The second-order valence-electron chi connectivity index (χ2n) is 5.45. The summed E-state index contributed by atoms with van der Waals surface area (Å²) < 4.78 is 0. The maximum Gasteiger partial charge on any atom is 0.307 e. The molecule has 0 fully saturated rings. The minimum atomic E-state index is -0.794. The van der Waals surface area contributed by atoms with Gasteiger partial charge in [0.2, 0.25) is 0 Å². The predicted octanol–water partition coefficient (Wildman–Crippen LogP) is 4.39. The molecule has 0 aromatic heterocycles. The lowest BCUT2D eigenvalue weighted by molar-refractivity contribution is -0.142. The van der Waals surface area contributed by atoms with Crippen LogP contribution in [0, 0.1) is 11.8 Å². The number of benzene rings is 1. The van der Waals surface area contributed by atoms with Gasteiger partial charge in [-0.15, -0.1) is 0 Å². The van der Waals surface area contributed by atoms with Crippen LogP contribution < -0.4 is 5.73 Å². The molecule has 1 aromatic rings. The molecular formula is C16H23Cl2NO2. The van der Waals surface area contributed by atoms with Crippen LogP contribution in [0.5, 0.6) is 0 Å².